The predicted octanol–water partition coefficient (Wildman–Crippen LogP) is 8.05. The Morgan fingerprint density at radius 3 is 1.65 bits per heavy atom. The SMILES string of the molecule is CC(C)(C)OC(=O)NCCCBr.CC(C)(C)OC(=O)NCCCOc1ccc(C=O)c2c1CCCC2.O=Cc1ccc(O)c2c1CCCC2. The maximum Gasteiger partial charge on any atom is 0.407 e. The Morgan fingerprint density at radius 2 is 1.16 bits per heavy atom. The van der Waals surface area contributed by atoms with E-state index in [0.29, 0.717) is 31.9 Å². The fourth-order valence-corrected chi connectivity index (χ4v) is 5.71. The number of carbonyl (C=O) groups is 4. The zero-order chi connectivity index (χ0) is 36.5. The Labute approximate surface area is 300 Å². The molecule has 10 nitrogen and oxygen atoms in total. The van der Waals surface area contributed by atoms with Gasteiger partial charge in [0.25, 0.3) is 0 Å². The molecule has 3 N–H and O–H groups in total. The quantitative estimate of drug-likeness (QED) is 0.126. The highest BCUT2D eigenvalue weighted by atomic mass is 79.9. The van der Waals surface area contributed by atoms with Crippen LogP contribution in [0.1, 0.15) is 123 Å². The van der Waals surface area contributed by atoms with E-state index in [-0.39, 0.29) is 6.09 Å². The van der Waals surface area contributed by atoms with E-state index in [9.17, 15) is 24.3 Å². The number of alkyl carbamates (subject to hydrolysis) is 2. The molecule has 0 saturated heterocycles. The van der Waals surface area contributed by atoms with Gasteiger partial charge in [0.2, 0.25) is 0 Å². The van der Waals surface area contributed by atoms with Gasteiger partial charge in [-0.2, -0.15) is 0 Å². The van der Waals surface area contributed by atoms with E-state index in [1.165, 1.54) is 5.56 Å². The third-order valence-corrected chi connectivity index (χ3v) is 8.11. The average Bonchev–Trinajstić information content (AvgIpc) is 3.04. The molecule has 0 unspecified atom stereocenters. The van der Waals surface area contributed by atoms with Gasteiger partial charge in [0, 0.05) is 29.5 Å². The third kappa shape index (κ3) is 15.7. The topological polar surface area (TPSA) is 140 Å². The van der Waals surface area contributed by atoms with E-state index in [4.69, 9.17) is 14.2 Å². The lowest BCUT2D eigenvalue weighted by Crippen LogP contribution is -2.33. The molecular weight excluding hydrogens is 692 g/mol. The molecule has 0 fully saturated rings. The second-order valence-electron chi connectivity index (χ2n) is 14.0. The van der Waals surface area contributed by atoms with Gasteiger partial charge in [0.1, 0.15) is 35.3 Å². The fraction of sp³-hybridized carbons (Fsp3) is 0.579. The van der Waals surface area contributed by atoms with Gasteiger partial charge < -0.3 is 30.0 Å². The number of phenolic OH excluding ortho intramolecular Hbond substituents is 1. The Balaban J connectivity index is 0.000000281. The van der Waals surface area contributed by atoms with Crippen LogP contribution in [0.4, 0.5) is 9.59 Å². The molecule has 272 valence electrons. The summed E-state index contributed by atoms with van der Waals surface area (Å²) in [4.78, 5) is 44.4. The standard InChI is InChI=1S/C19H27NO4.C11H12O2.C8H16BrNO2/c1-19(2,3)24-18(22)20-11-6-12-23-17-10-9-14(13-21)15-7-4-5-8-16(15)17;12-7-8-5-6-11(13)10-4-2-1-3-9(8)10;1-8(2,3)12-7(11)10-6-4-5-9/h9-10,13H,4-8,11-12H2,1-3H3,(H,20,22);5-7,13H,1-4H2;4-6H2,1-3H3,(H,10,11). The molecule has 2 amide bonds. The van der Waals surface area contributed by atoms with E-state index in [1.807, 2.05) is 53.7 Å². The summed E-state index contributed by atoms with van der Waals surface area (Å²) in [6, 6.07) is 7.04. The van der Waals surface area contributed by atoms with E-state index < -0.39 is 17.3 Å². The molecule has 11 heteroatoms. The summed E-state index contributed by atoms with van der Waals surface area (Å²) < 4.78 is 16.1. The van der Waals surface area contributed by atoms with Crippen LogP contribution >= 0.6 is 15.9 Å². The summed E-state index contributed by atoms with van der Waals surface area (Å²) in [5, 5.41) is 15.8. The van der Waals surface area contributed by atoms with Gasteiger partial charge in [0.05, 0.1) is 6.61 Å². The number of ether oxygens (including phenoxy) is 3. The summed E-state index contributed by atoms with van der Waals surface area (Å²) in [6.45, 7) is 12.7. The molecule has 2 aromatic rings. The van der Waals surface area contributed by atoms with Crippen molar-refractivity contribution in [2.75, 3.05) is 25.0 Å². The Hall–Kier alpha value is -3.60. The molecule has 49 heavy (non-hydrogen) atoms. The van der Waals surface area contributed by atoms with Crippen LogP contribution in [0.5, 0.6) is 11.5 Å². The summed E-state index contributed by atoms with van der Waals surface area (Å²) in [5.74, 6) is 1.22. The second kappa shape index (κ2) is 20.8. The number of hydrogen-bond acceptors (Lipinski definition) is 8. The second-order valence-corrected chi connectivity index (χ2v) is 14.8. The number of halogens is 1. The Bertz CT molecular complexity index is 1380. The smallest absolute Gasteiger partial charge is 0.407 e. The maximum absolute atomic E-state index is 11.5. The van der Waals surface area contributed by atoms with Gasteiger partial charge in [0.15, 0.2) is 0 Å². The van der Waals surface area contributed by atoms with E-state index in [0.717, 1.165) is 109 Å². The van der Waals surface area contributed by atoms with E-state index in [2.05, 4.69) is 26.6 Å². The van der Waals surface area contributed by atoms with Crippen LogP contribution in [0.2, 0.25) is 0 Å². The van der Waals surface area contributed by atoms with Gasteiger partial charge in [-0.05, 0) is 152 Å². The Kier molecular flexibility index (Phi) is 17.7. The first-order valence-corrected chi connectivity index (χ1v) is 18.3. The molecule has 0 saturated carbocycles. The number of benzene rings is 2. The van der Waals surface area contributed by atoms with Gasteiger partial charge in [-0.25, -0.2) is 9.59 Å². The third-order valence-electron chi connectivity index (χ3n) is 7.55. The van der Waals surface area contributed by atoms with Crippen molar-refractivity contribution in [3.63, 3.8) is 0 Å². The van der Waals surface area contributed by atoms with Crippen molar-refractivity contribution in [1.82, 2.24) is 10.6 Å². The van der Waals surface area contributed by atoms with Crippen LogP contribution in [0.3, 0.4) is 0 Å². The molecule has 4 rings (SSSR count). The normalized spacial score (nSPS) is 13.4. The van der Waals surface area contributed by atoms with Crippen molar-refractivity contribution in [3.8, 4) is 11.5 Å². The molecule has 2 aliphatic carbocycles. The molecule has 0 bridgehead atoms. The highest BCUT2D eigenvalue weighted by molar-refractivity contribution is 9.09. The zero-order valence-corrected chi connectivity index (χ0v) is 31.6. The van der Waals surface area contributed by atoms with Crippen molar-refractivity contribution in [2.45, 2.75) is 117 Å². The highest BCUT2D eigenvalue weighted by Crippen LogP contribution is 2.32. The van der Waals surface area contributed by atoms with Crippen molar-refractivity contribution in [1.29, 1.82) is 0 Å². The molecule has 0 atom stereocenters. The number of amides is 2. The summed E-state index contributed by atoms with van der Waals surface area (Å²) in [5.41, 5.74) is 4.98. The monoisotopic (exact) mass is 746 g/mol. The minimum absolute atomic E-state index is 0.344. The lowest BCUT2D eigenvalue weighted by atomic mass is 9.88. The number of carbonyl (C=O) groups excluding carboxylic acids is 4. The van der Waals surface area contributed by atoms with Crippen LogP contribution in [0.15, 0.2) is 24.3 Å². The molecule has 2 aromatic carbocycles. The first-order chi connectivity index (χ1) is 23.2. The first-order valence-electron chi connectivity index (χ1n) is 17.2. The highest BCUT2D eigenvalue weighted by Gasteiger charge is 2.19. The van der Waals surface area contributed by atoms with Crippen molar-refractivity contribution in [3.05, 3.63) is 57.6 Å². The van der Waals surface area contributed by atoms with Gasteiger partial charge in [-0.3, -0.25) is 9.59 Å². The van der Waals surface area contributed by atoms with Gasteiger partial charge in [-0.1, -0.05) is 15.9 Å². The number of phenols is 1. The first kappa shape index (κ1) is 41.6. The molecule has 2 aliphatic rings. The lowest BCUT2D eigenvalue weighted by Gasteiger charge is -2.21. The number of alkyl halides is 1. The zero-order valence-electron chi connectivity index (χ0n) is 30.0. The minimum Gasteiger partial charge on any atom is -0.508 e. The molecular formula is C38H55BrN2O8. The largest absolute Gasteiger partial charge is 0.508 e. The number of hydrogen-bond donors (Lipinski definition) is 3. The van der Waals surface area contributed by atoms with Crippen molar-refractivity contribution < 1.29 is 38.5 Å². The van der Waals surface area contributed by atoms with E-state index >= 15 is 0 Å². The Morgan fingerprint density at radius 1 is 0.714 bits per heavy atom. The lowest BCUT2D eigenvalue weighted by molar-refractivity contribution is 0.0515. The van der Waals surface area contributed by atoms with Crippen molar-refractivity contribution >= 4 is 40.7 Å². The van der Waals surface area contributed by atoms with Gasteiger partial charge >= 0.3 is 12.2 Å². The maximum atomic E-state index is 11.5. The number of rotatable bonds is 10. The molecule has 0 aliphatic heterocycles. The number of aromatic hydroxyl groups is 1. The number of fused-ring (bicyclic) bond motifs is 2. The van der Waals surface area contributed by atoms with Gasteiger partial charge in [-0.15, -0.1) is 0 Å². The van der Waals surface area contributed by atoms with Crippen LogP contribution in [-0.4, -0.2) is 66.1 Å². The summed E-state index contributed by atoms with van der Waals surface area (Å²) in [7, 11) is 0. The van der Waals surface area contributed by atoms with Crippen LogP contribution in [0, 0.1) is 0 Å². The molecule has 0 aromatic heterocycles. The average molecular weight is 748 g/mol. The van der Waals surface area contributed by atoms with Crippen LogP contribution in [0.25, 0.3) is 0 Å². The number of aldehydes is 2. The number of nitrogens with one attached hydrogen (secondary N) is 2. The minimum atomic E-state index is -0.486. The summed E-state index contributed by atoms with van der Waals surface area (Å²) >= 11 is 3.27. The van der Waals surface area contributed by atoms with Crippen LogP contribution in [-0.2, 0) is 35.2 Å². The molecule has 0 heterocycles. The summed E-state index contributed by atoms with van der Waals surface area (Å²) in [6.07, 6.45) is 10.9. The molecule has 0 radical (unpaired) electrons. The molecule has 0 spiro atoms. The fourth-order valence-electron chi connectivity index (χ4n) is 5.43. The van der Waals surface area contributed by atoms with Crippen LogP contribution < -0.4 is 15.4 Å². The predicted molar refractivity (Wildman–Crippen MR) is 196 cm³/mol. The van der Waals surface area contributed by atoms with Crippen molar-refractivity contribution in [2.24, 2.45) is 0 Å². The van der Waals surface area contributed by atoms with E-state index in [1.54, 1.807) is 12.1 Å².